The van der Waals surface area contributed by atoms with Crippen molar-refractivity contribution in [2.75, 3.05) is 20.8 Å². The quantitative estimate of drug-likeness (QED) is 0.864. The molecular formula is C18H29NO3. The number of rotatable bonds is 6. The lowest BCUT2D eigenvalue weighted by atomic mass is 9.86. The zero-order chi connectivity index (χ0) is 16.3. The maximum absolute atomic E-state index is 6.33. The second kappa shape index (κ2) is 6.78. The molecule has 2 atom stereocenters. The van der Waals surface area contributed by atoms with Crippen LogP contribution in [-0.4, -0.2) is 26.4 Å². The molecule has 0 saturated heterocycles. The van der Waals surface area contributed by atoms with E-state index < -0.39 is 0 Å². The SMILES string of the molecule is CCC1(C)CC(NCC(C)C)c2ccc(OC)c(OC)c2O1. The van der Waals surface area contributed by atoms with Crippen molar-refractivity contribution in [3.8, 4) is 17.2 Å². The van der Waals surface area contributed by atoms with Crippen LogP contribution in [0.25, 0.3) is 0 Å². The highest BCUT2D eigenvalue weighted by Gasteiger charge is 2.38. The molecule has 1 aromatic carbocycles. The van der Waals surface area contributed by atoms with Gasteiger partial charge in [0, 0.05) is 18.0 Å². The minimum atomic E-state index is -0.193. The summed E-state index contributed by atoms with van der Waals surface area (Å²) >= 11 is 0. The molecule has 4 nitrogen and oxygen atoms in total. The van der Waals surface area contributed by atoms with Gasteiger partial charge in [0.2, 0.25) is 5.75 Å². The molecule has 0 spiro atoms. The Labute approximate surface area is 134 Å². The van der Waals surface area contributed by atoms with E-state index in [1.807, 2.05) is 6.07 Å². The Morgan fingerprint density at radius 3 is 2.59 bits per heavy atom. The van der Waals surface area contributed by atoms with E-state index in [1.54, 1.807) is 14.2 Å². The van der Waals surface area contributed by atoms with Crippen LogP contribution in [0.3, 0.4) is 0 Å². The van der Waals surface area contributed by atoms with Gasteiger partial charge in [-0.3, -0.25) is 0 Å². The molecule has 2 unspecified atom stereocenters. The van der Waals surface area contributed by atoms with Gasteiger partial charge in [-0.1, -0.05) is 20.8 Å². The first kappa shape index (κ1) is 16.9. The highest BCUT2D eigenvalue weighted by atomic mass is 16.5. The molecule has 1 aliphatic heterocycles. The van der Waals surface area contributed by atoms with Crippen molar-refractivity contribution in [2.45, 2.75) is 52.2 Å². The van der Waals surface area contributed by atoms with Gasteiger partial charge in [0.05, 0.1) is 14.2 Å². The van der Waals surface area contributed by atoms with Gasteiger partial charge in [0.25, 0.3) is 0 Å². The molecule has 0 aliphatic carbocycles. The zero-order valence-electron chi connectivity index (χ0n) is 14.7. The van der Waals surface area contributed by atoms with Gasteiger partial charge in [-0.25, -0.2) is 0 Å². The first-order chi connectivity index (χ1) is 10.4. The summed E-state index contributed by atoms with van der Waals surface area (Å²) in [6.45, 7) is 9.76. The van der Waals surface area contributed by atoms with Gasteiger partial charge in [0.1, 0.15) is 5.60 Å². The van der Waals surface area contributed by atoms with Crippen LogP contribution < -0.4 is 19.5 Å². The van der Waals surface area contributed by atoms with E-state index in [9.17, 15) is 0 Å². The topological polar surface area (TPSA) is 39.7 Å². The Bertz CT molecular complexity index is 515. The lowest BCUT2D eigenvalue weighted by Crippen LogP contribution is -2.42. The molecule has 1 aromatic rings. The number of benzene rings is 1. The predicted octanol–water partition coefficient (Wildman–Crippen LogP) is 3.94. The van der Waals surface area contributed by atoms with Crippen LogP contribution in [0, 0.1) is 5.92 Å². The minimum absolute atomic E-state index is 0.193. The van der Waals surface area contributed by atoms with Gasteiger partial charge < -0.3 is 19.5 Å². The Morgan fingerprint density at radius 1 is 1.32 bits per heavy atom. The number of hydrogen-bond acceptors (Lipinski definition) is 4. The molecule has 0 bridgehead atoms. The molecule has 4 heteroatoms. The van der Waals surface area contributed by atoms with Gasteiger partial charge in [-0.05, 0) is 37.9 Å². The number of ether oxygens (including phenoxy) is 3. The van der Waals surface area contributed by atoms with Gasteiger partial charge in [-0.2, -0.15) is 0 Å². The maximum Gasteiger partial charge on any atom is 0.203 e. The molecule has 0 saturated carbocycles. The predicted molar refractivity (Wildman–Crippen MR) is 89.1 cm³/mol. The second-order valence-electron chi connectivity index (χ2n) is 6.68. The number of methoxy groups -OCH3 is 2. The van der Waals surface area contributed by atoms with E-state index in [1.165, 1.54) is 0 Å². The average molecular weight is 307 g/mol. The van der Waals surface area contributed by atoms with Crippen molar-refractivity contribution in [1.82, 2.24) is 5.32 Å². The molecular weight excluding hydrogens is 278 g/mol. The van der Waals surface area contributed by atoms with Crippen molar-refractivity contribution in [3.05, 3.63) is 17.7 Å². The van der Waals surface area contributed by atoms with E-state index in [-0.39, 0.29) is 11.6 Å². The molecule has 124 valence electrons. The van der Waals surface area contributed by atoms with Crippen LogP contribution in [0.1, 0.15) is 52.1 Å². The van der Waals surface area contributed by atoms with Crippen LogP contribution in [0.2, 0.25) is 0 Å². The molecule has 0 radical (unpaired) electrons. The Kier molecular flexibility index (Phi) is 5.22. The smallest absolute Gasteiger partial charge is 0.203 e. The van der Waals surface area contributed by atoms with E-state index >= 15 is 0 Å². The van der Waals surface area contributed by atoms with Crippen LogP contribution in [0.15, 0.2) is 12.1 Å². The number of hydrogen-bond donors (Lipinski definition) is 1. The van der Waals surface area contributed by atoms with Gasteiger partial charge >= 0.3 is 0 Å². The van der Waals surface area contributed by atoms with Crippen molar-refractivity contribution >= 4 is 0 Å². The Hall–Kier alpha value is -1.42. The fraction of sp³-hybridized carbons (Fsp3) is 0.667. The zero-order valence-corrected chi connectivity index (χ0v) is 14.7. The average Bonchev–Trinajstić information content (AvgIpc) is 2.51. The van der Waals surface area contributed by atoms with E-state index in [4.69, 9.17) is 14.2 Å². The highest BCUT2D eigenvalue weighted by Crippen LogP contribution is 2.49. The lowest BCUT2D eigenvalue weighted by Gasteiger charge is -2.40. The summed E-state index contributed by atoms with van der Waals surface area (Å²) in [7, 11) is 3.32. The maximum atomic E-state index is 6.33. The van der Waals surface area contributed by atoms with Crippen LogP contribution in [-0.2, 0) is 0 Å². The summed E-state index contributed by atoms with van der Waals surface area (Å²) in [6.07, 6.45) is 1.91. The number of nitrogens with one attached hydrogen (secondary N) is 1. The molecule has 1 heterocycles. The summed E-state index contributed by atoms with van der Waals surface area (Å²) < 4.78 is 17.3. The Morgan fingerprint density at radius 2 is 2.05 bits per heavy atom. The summed E-state index contributed by atoms with van der Waals surface area (Å²) in [6, 6.07) is 4.32. The first-order valence-electron chi connectivity index (χ1n) is 8.11. The first-order valence-corrected chi connectivity index (χ1v) is 8.11. The van der Waals surface area contributed by atoms with E-state index in [2.05, 4.69) is 39.1 Å². The van der Waals surface area contributed by atoms with E-state index in [0.29, 0.717) is 17.4 Å². The summed E-state index contributed by atoms with van der Waals surface area (Å²) in [5, 5.41) is 3.68. The molecule has 1 N–H and O–H groups in total. The Balaban J connectivity index is 2.44. The van der Waals surface area contributed by atoms with E-state index in [0.717, 1.165) is 30.7 Å². The fourth-order valence-electron chi connectivity index (χ4n) is 2.90. The molecule has 0 fully saturated rings. The third-order valence-corrected chi connectivity index (χ3v) is 4.41. The van der Waals surface area contributed by atoms with Gasteiger partial charge in [0.15, 0.2) is 11.5 Å². The molecule has 1 aliphatic rings. The van der Waals surface area contributed by atoms with Gasteiger partial charge in [-0.15, -0.1) is 0 Å². The monoisotopic (exact) mass is 307 g/mol. The normalized spacial score (nSPS) is 23.9. The van der Waals surface area contributed by atoms with Crippen molar-refractivity contribution in [1.29, 1.82) is 0 Å². The van der Waals surface area contributed by atoms with Crippen LogP contribution >= 0.6 is 0 Å². The third kappa shape index (κ3) is 3.32. The molecule has 2 rings (SSSR count). The second-order valence-corrected chi connectivity index (χ2v) is 6.68. The molecule has 0 amide bonds. The molecule has 22 heavy (non-hydrogen) atoms. The van der Waals surface area contributed by atoms with Crippen molar-refractivity contribution in [2.24, 2.45) is 5.92 Å². The highest BCUT2D eigenvalue weighted by molar-refractivity contribution is 5.57. The largest absolute Gasteiger partial charge is 0.493 e. The van der Waals surface area contributed by atoms with Crippen LogP contribution in [0.4, 0.5) is 0 Å². The van der Waals surface area contributed by atoms with Crippen molar-refractivity contribution < 1.29 is 14.2 Å². The summed E-state index contributed by atoms with van der Waals surface area (Å²) in [5.41, 5.74) is 0.964. The molecule has 0 aromatic heterocycles. The minimum Gasteiger partial charge on any atom is -0.493 e. The lowest BCUT2D eigenvalue weighted by molar-refractivity contribution is 0.0401. The standard InChI is InChI=1S/C18H29NO3/c1-7-18(4)10-14(19-11-12(2)3)13-8-9-15(20-5)17(21-6)16(13)22-18/h8-9,12,14,19H,7,10-11H2,1-6H3. The fourth-order valence-corrected chi connectivity index (χ4v) is 2.90. The van der Waals surface area contributed by atoms with Crippen molar-refractivity contribution in [3.63, 3.8) is 0 Å². The number of fused-ring (bicyclic) bond motifs is 1. The third-order valence-electron chi connectivity index (χ3n) is 4.41. The van der Waals surface area contributed by atoms with Crippen LogP contribution in [0.5, 0.6) is 17.2 Å². The summed E-state index contributed by atoms with van der Waals surface area (Å²) in [5.74, 6) is 2.83. The summed E-state index contributed by atoms with van der Waals surface area (Å²) in [4.78, 5) is 0.